The molecule has 3 aromatic carbocycles. The summed E-state index contributed by atoms with van der Waals surface area (Å²) in [5.41, 5.74) is 4.38. The molecule has 3 aliphatic rings. The molecule has 0 aromatic heterocycles. The Morgan fingerprint density at radius 1 is 1.18 bits per heavy atom. The second kappa shape index (κ2) is 7.61. The molecule has 7 heteroatoms. The van der Waals surface area contributed by atoms with E-state index in [4.69, 9.17) is 21.3 Å². The summed E-state index contributed by atoms with van der Waals surface area (Å²) in [4.78, 5) is 21.0. The van der Waals surface area contributed by atoms with Gasteiger partial charge in [0.15, 0.2) is 0 Å². The third kappa shape index (κ3) is 3.11. The zero-order chi connectivity index (χ0) is 22.7. The molecule has 2 atom stereocenters. The number of carbonyl (C=O) groups excluding carboxylic acids is 1. The molecule has 5 nitrogen and oxygen atoms in total. The van der Waals surface area contributed by atoms with Gasteiger partial charge in [-0.3, -0.25) is 4.79 Å². The van der Waals surface area contributed by atoms with Gasteiger partial charge in [-0.15, -0.1) is 0 Å². The number of amidine groups is 1. The normalized spacial score (nSPS) is 22.5. The minimum Gasteiger partial charge on any atom is -0.497 e. The van der Waals surface area contributed by atoms with Gasteiger partial charge in [0.1, 0.15) is 11.6 Å². The maximum Gasteiger partial charge on any atom is 0.231 e. The van der Waals surface area contributed by atoms with Crippen LogP contribution in [0.25, 0.3) is 0 Å². The van der Waals surface area contributed by atoms with Crippen LogP contribution in [0.15, 0.2) is 70.1 Å². The van der Waals surface area contributed by atoms with Gasteiger partial charge in [0.25, 0.3) is 0 Å². The van der Waals surface area contributed by atoms with E-state index < -0.39 is 5.41 Å². The van der Waals surface area contributed by atoms with E-state index in [1.807, 2.05) is 65.6 Å². The van der Waals surface area contributed by atoms with Gasteiger partial charge in [-0.2, -0.15) is 0 Å². The van der Waals surface area contributed by atoms with Gasteiger partial charge < -0.3 is 15.0 Å². The van der Waals surface area contributed by atoms with Crippen LogP contribution in [0.2, 0.25) is 5.02 Å². The van der Waals surface area contributed by atoms with Gasteiger partial charge >= 0.3 is 0 Å². The number of likely N-dealkylation sites (tertiary alicyclic amines) is 1. The molecule has 0 radical (unpaired) electrons. The Morgan fingerprint density at radius 2 is 2.00 bits per heavy atom. The average Bonchev–Trinajstić information content (AvgIpc) is 3.12. The number of fused-ring (bicyclic) bond motifs is 3. The first-order valence-corrected chi connectivity index (χ1v) is 12.0. The Kier molecular flexibility index (Phi) is 4.78. The zero-order valence-corrected chi connectivity index (χ0v) is 20.3. The van der Waals surface area contributed by atoms with Crippen molar-refractivity contribution in [2.45, 2.75) is 24.3 Å². The number of methoxy groups -OCH3 is 1. The highest BCUT2D eigenvalue weighted by molar-refractivity contribution is 9.10. The third-order valence-electron chi connectivity index (χ3n) is 7.03. The highest BCUT2D eigenvalue weighted by Crippen LogP contribution is 2.57. The topological polar surface area (TPSA) is 53.9 Å². The van der Waals surface area contributed by atoms with Gasteiger partial charge in [0, 0.05) is 28.3 Å². The van der Waals surface area contributed by atoms with Crippen molar-refractivity contribution in [1.29, 1.82) is 0 Å². The summed E-state index contributed by atoms with van der Waals surface area (Å²) < 4.78 is 6.23. The van der Waals surface area contributed by atoms with Crippen LogP contribution in [0.1, 0.15) is 29.0 Å². The lowest BCUT2D eigenvalue weighted by Gasteiger charge is -2.49. The smallest absolute Gasteiger partial charge is 0.231 e. The van der Waals surface area contributed by atoms with Crippen LogP contribution in [-0.2, 0) is 16.8 Å². The number of aliphatic imine (C=N–C) groups is 1. The summed E-state index contributed by atoms with van der Waals surface area (Å²) in [5.74, 6) is 1.39. The van der Waals surface area contributed by atoms with E-state index in [-0.39, 0.29) is 11.8 Å². The van der Waals surface area contributed by atoms with Crippen LogP contribution in [0.5, 0.6) is 5.75 Å². The fourth-order valence-corrected chi connectivity index (χ4v) is 6.01. The van der Waals surface area contributed by atoms with E-state index in [2.05, 4.69) is 21.2 Å². The molecule has 1 N–H and O–H groups in total. The summed E-state index contributed by atoms with van der Waals surface area (Å²) in [6, 6.07) is 19.8. The van der Waals surface area contributed by atoms with Crippen LogP contribution in [0.4, 0.5) is 11.4 Å². The number of piperidine rings is 1. The second-order valence-corrected chi connectivity index (χ2v) is 10.1. The molecule has 166 valence electrons. The Bertz CT molecular complexity index is 1320. The number of nitrogens with zero attached hydrogens (tertiary/aromatic N) is 2. The SMILES string of the molecule is COc1ccc(CN2CC[C@@]34C(=Nc5ccc(Cl)cc53)Nc3cc(Br)ccc3[C@@H]4C2=O)cc1. The molecular formula is C26H21BrClN3O2. The van der Waals surface area contributed by atoms with Gasteiger partial charge in [0.05, 0.1) is 24.1 Å². The summed E-state index contributed by atoms with van der Waals surface area (Å²) in [6.45, 7) is 1.20. The van der Waals surface area contributed by atoms with E-state index >= 15 is 0 Å². The van der Waals surface area contributed by atoms with E-state index in [0.29, 0.717) is 18.1 Å². The fourth-order valence-electron chi connectivity index (χ4n) is 5.48. The summed E-state index contributed by atoms with van der Waals surface area (Å²) in [6.07, 6.45) is 0.772. The summed E-state index contributed by atoms with van der Waals surface area (Å²) >= 11 is 9.98. The first kappa shape index (κ1) is 20.8. The maximum absolute atomic E-state index is 14.1. The van der Waals surface area contributed by atoms with Crippen molar-refractivity contribution >= 4 is 50.6 Å². The fraction of sp³-hybridized carbons (Fsp3) is 0.231. The molecule has 1 fully saturated rings. The number of anilines is 1. The van der Waals surface area contributed by atoms with Gasteiger partial charge in [-0.1, -0.05) is 45.7 Å². The Morgan fingerprint density at radius 3 is 2.79 bits per heavy atom. The number of nitrogens with one attached hydrogen (secondary N) is 1. The van der Waals surface area contributed by atoms with E-state index in [9.17, 15) is 4.79 Å². The standard InChI is InChI=1S/C26H21BrClN3O2/c1-33-18-6-2-15(3-7-18)14-31-11-10-26-20-13-17(28)5-9-21(20)29-25(26)30-22-12-16(27)4-8-19(22)23(26)24(31)32/h2-9,12-13,23H,10-11,14H2,1H3,(H,29,30)/t23-,26-/m1/s1. The second-order valence-electron chi connectivity index (χ2n) is 8.74. The van der Waals surface area contributed by atoms with Gasteiger partial charge in [-0.05, 0) is 65.6 Å². The third-order valence-corrected chi connectivity index (χ3v) is 7.76. The van der Waals surface area contributed by atoms with Crippen LogP contribution in [0, 0.1) is 0 Å². The lowest BCUT2D eigenvalue weighted by atomic mass is 9.61. The van der Waals surface area contributed by atoms with Crippen molar-refractivity contribution in [2.75, 3.05) is 19.0 Å². The average molecular weight is 523 g/mol. The maximum atomic E-state index is 14.1. The van der Waals surface area contributed by atoms with Gasteiger partial charge in [-0.25, -0.2) is 4.99 Å². The summed E-state index contributed by atoms with van der Waals surface area (Å²) in [7, 11) is 1.65. The minimum absolute atomic E-state index is 0.114. The molecule has 3 aromatic rings. The highest BCUT2D eigenvalue weighted by atomic mass is 79.9. The molecule has 0 aliphatic carbocycles. The number of hydrogen-bond donors (Lipinski definition) is 1. The quantitative estimate of drug-likeness (QED) is 0.457. The molecule has 0 bridgehead atoms. The van der Waals surface area contributed by atoms with Crippen molar-refractivity contribution < 1.29 is 9.53 Å². The Hall–Kier alpha value is -2.83. The Balaban J connectivity index is 1.45. The van der Waals surface area contributed by atoms with Crippen LogP contribution >= 0.6 is 27.5 Å². The number of carbonyl (C=O) groups is 1. The number of halogens is 2. The molecule has 3 aliphatic heterocycles. The molecular weight excluding hydrogens is 502 g/mol. The number of rotatable bonds is 3. The van der Waals surface area contributed by atoms with E-state index in [1.54, 1.807) is 7.11 Å². The van der Waals surface area contributed by atoms with Crippen molar-refractivity contribution in [2.24, 2.45) is 4.99 Å². The number of ether oxygens (including phenoxy) is 1. The number of amides is 1. The molecule has 3 heterocycles. The minimum atomic E-state index is -0.533. The molecule has 6 rings (SSSR count). The molecule has 0 unspecified atom stereocenters. The monoisotopic (exact) mass is 521 g/mol. The lowest BCUT2D eigenvalue weighted by molar-refractivity contribution is -0.137. The van der Waals surface area contributed by atoms with Crippen molar-refractivity contribution in [3.8, 4) is 5.75 Å². The molecule has 33 heavy (non-hydrogen) atoms. The first-order valence-electron chi connectivity index (χ1n) is 10.9. The van der Waals surface area contributed by atoms with Crippen molar-refractivity contribution in [1.82, 2.24) is 4.90 Å². The van der Waals surface area contributed by atoms with Crippen LogP contribution in [0.3, 0.4) is 0 Å². The molecule has 1 amide bonds. The van der Waals surface area contributed by atoms with Crippen LogP contribution < -0.4 is 10.1 Å². The van der Waals surface area contributed by atoms with Crippen LogP contribution in [-0.4, -0.2) is 30.3 Å². The largest absolute Gasteiger partial charge is 0.497 e. The van der Waals surface area contributed by atoms with Crippen molar-refractivity contribution in [3.05, 3.63) is 86.8 Å². The van der Waals surface area contributed by atoms with Gasteiger partial charge in [0.2, 0.25) is 5.91 Å². The molecule has 1 saturated heterocycles. The predicted octanol–water partition coefficient (Wildman–Crippen LogP) is 6.03. The predicted molar refractivity (Wildman–Crippen MR) is 134 cm³/mol. The van der Waals surface area contributed by atoms with Crippen molar-refractivity contribution in [3.63, 3.8) is 0 Å². The number of hydrogen-bond acceptors (Lipinski definition) is 4. The highest BCUT2D eigenvalue weighted by Gasteiger charge is 2.59. The van der Waals surface area contributed by atoms with E-state index in [1.165, 1.54) is 0 Å². The number of benzene rings is 3. The lowest BCUT2D eigenvalue weighted by Crippen LogP contribution is -2.58. The first-order chi connectivity index (χ1) is 16.0. The molecule has 0 saturated carbocycles. The zero-order valence-electron chi connectivity index (χ0n) is 17.9. The van der Waals surface area contributed by atoms with E-state index in [0.717, 1.165) is 50.5 Å². The summed E-state index contributed by atoms with van der Waals surface area (Å²) in [5, 5.41) is 4.21. The molecule has 1 spiro atoms. The Labute approximate surface area is 205 Å².